The van der Waals surface area contributed by atoms with Gasteiger partial charge in [-0.05, 0) is 38.3 Å². The van der Waals surface area contributed by atoms with Crippen LogP contribution in [0.25, 0.3) is 0 Å². The van der Waals surface area contributed by atoms with Crippen LogP contribution >= 0.6 is 11.6 Å². The minimum atomic E-state index is -0.429. The fraction of sp³-hybridized carbons (Fsp3) is 0.917. The van der Waals surface area contributed by atoms with Crippen LogP contribution in [0.2, 0.25) is 0 Å². The first-order valence-electron chi connectivity index (χ1n) is 5.80. The third-order valence-corrected chi connectivity index (χ3v) is 4.00. The van der Waals surface area contributed by atoms with Gasteiger partial charge in [0.1, 0.15) is 0 Å². The van der Waals surface area contributed by atoms with E-state index in [1.165, 1.54) is 19.3 Å². The van der Waals surface area contributed by atoms with Crippen molar-refractivity contribution in [1.82, 2.24) is 4.90 Å². The Morgan fingerprint density at radius 1 is 1.33 bits per heavy atom. The minimum Gasteiger partial charge on any atom is -0.297 e. The standard InChI is InChI=1S/C12H22ClNO/c1-9-6-5-7-10(2)14(9)8-12(3,4)11(13)15/h9-10H,5-8H2,1-4H3. The summed E-state index contributed by atoms with van der Waals surface area (Å²) in [5.74, 6) is 0. The van der Waals surface area contributed by atoms with Crippen LogP contribution in [-0.2, 0) is 4.79 Å². The van der Waals surface area contributed by atoms with Gasteiger partial charge in [-0.3, -0.25) is 9.69 Å². The smallest absolute Gasteiger partial charge is 0.228 e. The number of hydrogen-bond acceptors (Lipinski definition) is 2. The quantitative estimate of drug-likeness (QED) is 0.696. The van der Waals surface area contributed by atoms with E-state index in [-0.39, 0.29) is 5.24 Å². The van der Waals surface area contributed by atoms with Crippen LogP contribution in [0.1, 0.15) is 47.0 Å². The van der Waals surface area contributed by atoms with Crippen molar-refractivity contribution in [2.75, 3.05) is 6.54 Å². The molecule has 2 atom stereocenters. The van der Waals surface area contributed by atoms with Crippen molar-refractivity contribution in [3.05, 3.63) is 0 Å². The molecule has 1 heterocycles. The molecular formula is C12H22ClNO. The lowest BCUT2D eigenvalue weighted by Crippen LogP contribution is -2.49. The molecular weight excluding hydrogens is 210 g/mol. The van der Waals surface area contributed by atoms with Crippen LogP contribution in [0.5, 0.6) is 0 Å². The Morgan fingerprint density at radius 3 is 2.20 bits per heavy atom. The summed E-state index contributed by atoms with van der Waals surface area (Å²) >= 11 is 5.62. The van der Waals surface area contributed by atoms with Crippen LogP contribution in [0.4, 0.5) is 0 Å². The highest BCUT2D eigenvalue weighted by Crippen LogP contribution is 2.28. The zero-order chi connectivity index (χ0) is 11.6. The Labute approximate surface area is 98.0 Å². The van der Waals surface area contributed by atoms with Gasteiger partial charge in [0.05, 0.1) is 5.41 Å². The largest absolute Gasteiger partial charge is 0.297 e. The SMILES string of the molecule is CC1CCCC(C)N1CC(C)(C)C(=O)Cl. The third-order valence-electron chi connectivity index (χ3n) is 3.49. The maximum absolute atomic E-state index is 11.3. The molecule has 1 aliphatic rings. The molecule has 0 bridgehead atoms. The lowest BCUT2D eigenvalue weighted by atomic mass is 9.89. The summed E-state index contributed by atoms with van der Waals surface area (Å²) in [6.07, 6.45) is 3.77. The summed E-state index contributed by atoms with van der Waals surface area (Å²) in [4.78, 5) is 13.7. The number of hydrogen-bond donors (Lipinski definition) is 0. The Kier molecular flexibility index (Phi) is 4.19. The third kappa shape index (κ3) is 3.18. The highest BCUT2D eigenvalue weighted by molar-refractivity contribution is 6.64. The Hall–Kier alpha value is -0.0800. The Bertz CT molecular complexity index is 230. The van der Waals surface area contributed by atoms with Crippen LogP contribution in [0.15, 0.2) is 0 Å². The van der Waals surface area contributed by atoms with Crippen LogP contribution in [0, 0.1) is 5.41 Å². The summed E-state index contributed by atoms with van der Waals surface area (Å²) in [5.41, 5.74) is -0.429. The molecule has 3 heteroatoms. The van der Waals surface area contributed by atoms with Gasteiger partial charge in [-0.1, -0.05) is 20.3 Å². The maximum atomic E-state index is 11.3. The molecule has 0 aromatic heterocycles. The molecule has 0 amide bonds. The first-order chi connectivity index (χ1) is 6.84. The fourth-order valence-corrected chi connectivity index (χ4v) is 2.36. The molecule has 0 saturated carbocycles. The van der Waals surface area contributed by atoms with Gasteiger partial charge in [-0.15, -0.1) is 0 Å². The topological polar surface area (TPSA) is 20.3 Å². The number of rotatable bonds is 3. The molecule has 0 aliphatic carbocycles. The second-order valence-electron chi connectivity index (χ2n) is 5.46. The van der Waals surface area contributed by atoms with Crippen molar-refractivity contribution >= 4 is 16.8 Å². The molecule has 15 heavy (non-hydrogen) atoms. The zero-order valence-corrected chi connectivity index (χ0v) is 11.0. The first kappa shape index (κ1) is 13.0. The van der Waals surface area contributed by atoms with E-state index < -0.39 is 5.41 Å². The summed E-state index contributed by atoms with van der Waals surface area (Å²) in [5, 5.41) is -0.229. The molecule has 1 saturated heterocycles. The number of nitrogens with zero attached hydrogens (tertiary/aromatic N) is 1. The average Bonchev–Trinajstić information content (AvgIpc) is 2.11. The van der Waals surface area contributed by atoms with Crippen molar-refractivity contribution in [2.24, 2.45) is 5.41 Å². The number of carbonyl (C=O) groups excluding carboxylic acids is 1. The monoisotopic (exact) mass is 231 g/mol. The van der Waals surface area contributed by atoms with Gasteiger partial charge in [0.2, 0.25) is 5.24 Å². The predicted molar refractivity (Wildman–Crippen MR) is 64.1 cm³/mol. The second-order valence-corrected chi connectivity index (χ2v) is 5.80. The summed E-state index contributed by atoms with van der Waals surface area (Å²) in [7, 11) is 0. The van der Waals surface area contributed by atoms with Crippen molar-refractivity contribution in [1.29, 1.82) is 0 Å². The number of carbonyl (C=O) groups is 1. The molecule has 0 aromatic carbocycles. The van der Waals surface area contributed by atoms with E-state index in [9.17, 15) is 4.79 Å². The van der Waals surface area contributed by atoms with Crippen molar-refractivity contribution in [3.8, 4) is 0 Å². The van der Waals surface area contributed by atoms with E-state index in [1.54, 1.807) is 0 Å². The number of piperidine rings is 1. The second kappa shape index (κ2) is 4.84. The molecule has 1 fully saturated rings. The summed E-state index contributed by atoms with van der Waals surface area (Å²) in [6.45, 7) is 9.11. The zero-order valence-electron chi connectivity index (χ0n) is 10.2. The van der Waals surface area contributed by atoms with Crippen LogP contribution in [-0.4, -0.2) is 28.8 Å². The van der Waals surface area contributed by atoms with E-state index >= 15 is 0 Å². The normalized spacial score (nSPS) is 29.1. The van der Waals surface area contributed by atoms with Crippen molar-refractivity contribution < 1.29 is 4.79 Å². The van der Waals surface area contributed by atoms with Gasteiger partial charge < -0.3 is 0 Å². The maximum Gasteiger partial charge on any atom is 0.228 e. The van der Waals surface area contributed by atoms with Gasteiger partial charge in [0.25, 0.3) is 0 Å². The molecule has 88 valence electrons. The van der Waals surface area contributed by atoms with Gasteiger partial charge in [-0.25, -0.2) is 0 Å². The first-order valence-corrected chi connectivity index (χ1v) is 6.18. The predicted octanol–water partition coefficient (Wildman–Crippen LogP) is 3.04. The van der Waals surface area contributed by atoms with Crippen molar-refractivity contribution in [3.63, 3.8) is 0 Å². The molecule has 0 radical (unpaired) electrons. The van der Waals surface area contributed by atoms with Crippen LogP contribution in [0.3, 0.4) is 0 Å². The summed E-state index contributed by atoms with van der Waals surface area (Å²) in [6, 6.07) is 1.15. The molecule has 2 unspecified atom stereocenters. The lowest BCUT2D eigenvalue weighted by Gasteiger charge is -2.42. The van der Waals surface area contributed by atoms with E-state index in [0.29, 0.717) is 12.1 Å². The van der Waals surface area contributed by atoms with Crippen molar-refractivity contribution in [2.45, 2.75) is 59.0 Å². The van der Waals surface area contributed by atoms with Gasteiger partial charge in [0.15, 0.2) is 0 Å². The van der Waals surface area contributed by atoms with E-state index in [2.05, 4.69) is 18.7 Å². The molecule has 0 spiro atoms. The highest BCUT2D eigenvalue weighted by Gasteiger charge is 2.33. The lowest BCUT2D eigenvalue weighted by molar-refractivity contribution is -0.120. The fourth-order valence-electron chi connectivity index (χ4n) is 2.31. The average molecular weight is 232 g/mol. The summed E-state index contributed by atoms with van der Waals surface area (Å²) < 4.78 is 0. The van der Waals surface area contributed by atoms with E-state index in [4.69, 9.17) is 11.6 Å². The van der Waals surface area contributed by atoms with Crippen LogP contribution < -0.4 is 0 Å². The van der Waals surface area contributed by atoms with E-state index in [1.807, 2.05) is 13.8 Å². The van der Waals surface area contributed by atoms with Gasteiger partial charge >= 0.3 is 0 Å². The molecule has 1 rings (SSSR count). The molecule has 1 aliphatic heterocycles. The van der Waals surface area contributed by atoms with E-state index in [0.717, 1.165) is 6.54 Å². The molecule has 0 aromatic rings. The molecule has 2 nitrogen and oxygen atoms in total. The van der Waals surface area contributed by atoms with Gasteiger partial charge in [0, 0.05) is 18.6 Å². The Morgan fingerprint density at radius 2 is 1.80 bits per heavy atom. The minimum absolute atomic E-state index is 0.229. The van der Waals surface area contributed by atoms with Gasteiger partial charge in [-0.2, -0.15) is 0 Å². The highest BCUT2D eigenvalue weighted by atomic mass is 35.5. The number of likely N-dealkylation sites (tertiary alicyclic amines) is 1. The molecule has 0 N–H and O–H groups in total. The number of halogens is 1. The Balaban J connectivity index is 2.66.